The van der Waals surface area contributed by atoms with Gasteiger partial charge in [-0.05, 0) is 38.3 Å². The number of hydrogen-bond acceptors (Lipinski definition) is 7. The van der Waals surface area contributed by atoms with Crippen LogP contribution < -0.4 is 0 Å². The summed E-state index contributed by atoms with van der Waals surface area (Å²) in [5.41, 5.74) is 0.184. The molecule has 8 heteroatoms. The lowest BCUT2D eigenvalue weighted by Crippen LogP contribution is -2.62. The highest BCUT2D eigenvalue weighted by Gasteiger charge is 2.67. The number of hydrogen-bond donors (Lipinski definition) is 0. The Morgan fingerprint density at radius 1 is 1.25 bits per heavy atom. The number of methoxy groups -OCH3 is 1. The Labute approximate surface area is 165 Å². The summed E-state index contributed by atoms with van der Waals surface area (Å²) >= 11 is 0. The van der Waals surface area contributed by atoms with Gasteiger partial charge < -0.3 is 14.2 Å². The zero-order valence-electron chi connectivity index (χ0n) is 16.3. The minimum absolute atomic E-state index is 0.118. The van der Waals surface area contributed by atoms with Crippen molar-refractivity contribution in [3.8, 4) is 0 Å². The molecule has 2 saturated heterocycles. The standard InChI is InChI=1S/C20H26O7S/c1-13-6-8-14(9-7-13)28(22,23)27-17-5-4-10-20-19(17,2)11-15(18(21)24-3)16(26-20)12-25-20/h6-9,15-17H,4-5,10-12H2,1-3H3. The molecule has 1 spiro atoms. The van der Waals surface area contributed by atoms with Gasteiger partial charge in [0.25, 0.3) is 10.1 Å². The van der Waals surface area contributed by atoms with Gasteiger partial charge >= 0.3 is 5.97 Å². The summed E-state index contributed by atoms with van der Waals surface area (Å²) in [6.07, 6.45) is 1.30. The number of fused-ring (bicyclic) bond motifs is 1. The van der Waals surface area contributed by atoms with Crippen LogP contribution in [0.5, 0.6) is 0 Å². The number of ether oxygens (including phenoxy) is 3. The Morgan fingerprint density at radius 3 is 2.64 bits per heavy atom. The molecule has 1 aromatic carbocycles. The molecule has 154 valence electrons. The molecule has 3 aliphatic rings. The molecule has 1 saturated carbocycles. The van der Waals surface area contributed by atoms with E-state index in [-0.39, 0.29) is 17.0 Å². The fourth-order valence-electron chi connectivity index (χ4n) is 4.86. The first-order valence-electron chi connectivity index (χ1n) is 9.60. The minimum atomic E-state index is -3.96. The van der Waals surface area contributed by atoms with E-state index in [1.54, 1.807) is 24.3 Å². The van der Waals surface area contributed by atoms with Gasteiger partial charge in [0, 0.05) is 6.42 Å². The highest BCUT2D eigenvalue weighted by molar-refractivity contribution is 7.86. The van der Waals surface area contributed by atoms with Crippen LogP contribution in [-0.4, -0.2) is 46.1 Å². The van der Waals surface area contributed by atoms with Gasteiger partial charge in [0.2, 0.25) is 0 Å². The van der Waals surface area contributed by atoms with Gasteiger partial charge in [0.1, 0.15) is 0 Å². The quantitative estimate of drug-likeness (QED) is 0.557. The first-order valence-corrected chi connectivity index (χ1v) is 11.0. The molecule has 2 bridgehead atoms. The average molecular weight is 410 g/mol. The number of aryl methyl sites for hydroxylation is 1. The summed E-state index contributed by atoms with van der Waals surface area (Å²) in [7, 11) is -2.61. The lowest BCUT2D eigenvalue weighted by molar-refractivity contribution is -0.306. The molecule has 3 fully saturated rings. The zero-order valence-corrected chi connectivity index (χ0v) is 17.2. The van der Waals surface area contributed by atoms with Gasteiger partial charge in [-0.3, -0.25) is 8.98 Å². The molecule has 4 rings (SSSR count). The molecule has 5 unspecified atom stereocenters. The molecule has 2 aliphatic heterocycles. The maximum atomic E-state index is 12.9. The predicted octanol–water partition coefficient (Wildman–Crippen LogP) is 2.56. The van der Waals surface area contributed by atoms with E-state index < -0.39 is 33.3 Å². The molecule has 1 aliphatic carbocycles. The lowest BCUT2D eigenvalue weighted by atomic mass is 9.62. The van der Waals surface area contributed by atoms with Crippen molar-refractivity contribution in [3.05, 3.63) is 29.8 Å². The SMILES string of the molecule is COC(=O)C1CC2(C)C(OS(=O)(=O)c3ccc(C)cc3)CCCC23OCC1O3. The highest BCUT2D eigenvalue weighted by atomic mass is 32.2. The third-order valence-corrected chi connectivity index (χ3v) is 7.86. The summed E-state index contributed by atoms with van der Waals surface area (Å²) < 4.78 is 48.8. The first kappa shape index (κ1) is 19.8. The summed E-state index contributed by atoms with van der Waals surface area (Å²) in [5, 5.41) is 0. The van der Waals surface area contributed by atoms with Crippen LogP contribution in [0, 0.1) is 18.3 Å². The molecule has 0 N–H and O–H groups in total. The average Bonchev–Trinajstić information content (AvgIpc) is 3.04. The topological polar surface area (TPSA) is 88.1 Å². The molecular formula is C20H26O7S. The van der Waals surface area contributed by atoms with Crippen molar-refractivity contribution in [3.63, 3.8) is 0 Å². The highest BCUT2D eigenvalue weighted by Crippen LogP contribution is 2.59. The number of benzene rings is 1. The first-order chi connectivity index (χ1) is 13.2. The van der Waals surface area contributed by atoms with Crippen LogP contribution in [0.3, 0.4) is 0 Å². The van der Waals surface area contributed by atoms with Crippen molar-refractivity contribution in [1.29, 1.82) is 0 Å². The summed E-state index contributed by atoms with van der Waals surface area (Å²) in [6.45, 7) is 4.09. The largest absolute Gasteiger partial charge is 0.469 e. The van der Waals surface area contributed by atoms with E-state index in [4.69, 9.17) is 18.4 Å². The van der Waals surface area contributed by atoms with Gasteiger partial charge in [-0.2, -0.15) is 8.42 Å². The van der Waals surface area contributed by atoms with Gasteiger partial charge in [-0.25, -0.2) is 0 Å². The van der Waals surface area contributed by atoms with Crippen LogP contribution >= 0.6 is 0 Å². The molecule has 28 heavy (non-hydrogen) atoms. The normalized spacial score (nSPS) is 37.3. The maximum absolute atomic E-state index is 12.9. The number of rotatable bonds is 4. The van der Waals surface area contributed by atoms with E-state index in [0.717, 1.165) is 12.0 Å². The van der Waals surface area contributed by atoms with Gasteiger partial charge in [0.15, 0.2) is 5.79 Å². The number of esters is 1. The number of carbonyl (C=O) groups is 1. The van der Waals surface area contributed by atoms with E-state index in [0.29, 0.717) is 25.9 Å². The van der Waals surface area contributed by atoms with Crippen LogP contribution in [0.4, 0.5) is 0 Å². The zero-order chi connectivity index (χ0) is 20.2. The van der Waals surface area contributed by atoms with E-state index in [9.17, 15) is 13.2 Å². The maximum Gasteiger partial charge on any atom is 0.311 e. The summed E-state index contributed by atoms with van der Waals surface area (Å²) in [4.78, 5) is 12.4. The second-order valence-electron chi connectivity index (χ2n) is 8.22. The summed E-state index contributed by atoms with van der Waals surface area (Å²) in [5.74, 6) is -1.79. The molecule has 0 aromatic heterocycles. The van der Waals surface area contributed by atoms with Crippen LogP contribution in [0.1, 0.15) is 38.2 Å². The van der Waals surface area contributed by atoms with Crippen molar-refractivity contribution in [2.24, 2.45) is 11.3 Å². The third kappa shape index (κ3) is 2.98. The molecule has 1 aromatic rings. The van der Waals surface area contributed by atoms with Gasteiger partial charge in [0.05, 0.1) is 42.2 Å². The predicted molar refractivity (Wildman–Crippen MR) is 98.9 cm³/mol. The third-order valence-electron chi connectivity index (χ3n) is 6.52. The van der Waals surface area contributed by atoms with Crippen molar-refractivity contribution in [2.75, 3.05) is 13.7 Å². The molecule has 5 atom stereocenters. The van der Waals surface area contributed by atoms with Crippen molar-refractivity contribution in [1.82, 2.24) is 0 Å². The van der Waals surface area contributed by atoms with E-state index in [1.807, 2.05) is 13.8 Å². The van der Waals surface area contributed by atoms with Crippen molar-refractivity contribution in [2.45, 2.75) is 62.4 Å². The second-order valence-corrected chi connectivity index (χ2v) is 9.79. The van der Waals surface area contributed by atoms with Gasteiger partial charge in [-0.15, -0.1) is 0 Å². The van der Waals surface area contributed by atoms with Crippen molar-refractivity contribution >= 4 is 16.1 Å². The molecule has 2 heterocycles. The van der Waals surface area contributed by atoms with Crippen LogP contribution in [0.15, 0.2) is 29.2 Å². The molecular weight excluding hydrogens is 384 g/mol. The molecule has 0 radical (unpaired) electrons. The van der Waals surface area contributed by atoms with E-state index in [2.05, 4.69) is 0 Å². The van der Waals surface area contributed by atoms with Crippen LogP contribution in [-0.2, 0) is 33.3 Å². The smallest absolute Gasteiger partial charge is 0.311 e. The van der Waals surface area contributed by atoms with Crippen LogP contribution in [0.25, 0.3) is 0 Å². The monoisotopic (exact) mass is 410 g/mol. The Kier molecular flexibility index (Phi) is 4.81. The summed E-state index contributed by atoms with van der Waals surface area (Å²) in [6, 6.07) is 6.56. The Balaban J connectivity index is 1.66. The Hall–Kier alpha value is -1.48. The number of carbonyl (C=O) groups excluding carboxylic acids is 1. The minimum Gasteiger partial charge on any atom is -0.469 e. The molecule has 7 nitrogen and oxygen atoms in total. The fraction of sp³-hybridized carbons (Fsp3) is 0.650. The fourth-order valence-corrected chi connectivity index (χ4v) is 6.05. The second kappa shape index (κ2) is 6.79. The Morgan fingerprint density at radius 2 is 1.96 bits per heavy atom. The van der Waals surface area contributed by atoms with Gasteiger partial charge in [-0.1, -0.05) is 24.6 Å². The van der Waals surface area contributed by atoms with Crippen LogP contribution in [0.2, 0.25) is 0 Å². The Bertz CT molecular complexity index is 865. The van der Waals surface area contributed by atoms with E-state index >= 15 is 0 Å². The lowest BCUT2D eigenvalue weighted by Gasteiger charge is -2.55. The molecule has 0 amide bonds. The van der Waals surface area contributed by atoms with Crippen molar-refractivity contribution < 1.29 is 31.6 Å². The van der Waals surface area contributed by atoms with E-state index in [1.165, 1.54) is 7.11 Å².